The Bertz CT molecular complexity index is 753. The first-order valence-electron chi connectivity index (χ1n) is 6.96. The van der Waals surface area contributed by atoms with Crippen LogP contribution in [0.15, 0.2) is 40.4 Å². The summed E-state index contributed by atoms with van der Waals surface area (Å²) in [5.41, 5.74) is 2.00. The van der Waals surface area contributed by atoms with Gasteiger partial charge in [-0.15, -0.1) is 0 Å². The second-order valence-electron chi connectivity index (χ2n) is 4.83. The van der Waals surface area contributed by atoms with Gasteiger partial charge in [0.25, 0.3) is 0 Å². The molecule has 3 rings (SSSR count). The van der Waals surface area contributed by atoms with Gasteiger partial charge in [-0.25, -0.2) is 4.98 Å². The molecule has 2 aromatic heterocycles. The molecule has 2 N–H and O–H groups in total. The molecule has 6 heteroatoms. The van der Waals surface area contributed by atoms with E-state index in [9.17, 15) is 0 Å². The van der Waals surface area contributed by atoms with Crippen molar-refractivity contribution >= 4 is 28.7 Å². The van der Waals surface area contributed by atoms with E-state index in [1.807, 2.05) is 0 Å². The van der Waals surface area contributed by atoms with Crippen LogP contribution in [0.2, 0.25) is 0 Å². The summed E-state index contributed by atoms with van der Waals surface area (Å²) in [5.74, 6) is 0.642. The predicted octanol–water partition coefficient (Wildman–Crippen LogP) is 3.63. The lowest BCUT2D eigenvalue weighted by molar-refractivity contribution is 0.943. The summed E-state index contributed by atoms with van der Waals surface area (Å²) in [6.45, 7) is 5.06. The van der Waals surface area contributed by atoms with E-state index in [0.717, 1.165) is 33.9 Å². The summed E-state index contributed by atoms with van der Waals surface area (Å²) in [5, 5.41) is 12.1. The van der Waals surface area contributed by atoms with Gasteiger partial charge in [0, 0.05) is 11.4 Å². The van der Waals surface area contributed by atoms with Crippen molar-refractivity contribution in [1.29, 1.82) is 0 Å². The third-order valence-corrected chi connectivity index (χ3v) is 4.01. The van der Waals surface area contributed by atoms with Crippen molar-refractivity contribution in [2.75, 3.05) is 11.9 Å². The number of anilines is 1. The maximum absolute atomic E-state index is 4.62. The number of hydrogen-bond acceptors (Lipinski definition) is 5. The highest BCUT2D eigenvalue weighted by atomic mass is 32.2. The number of aromatic nitrogens is 4. The van der Waals surface area contributed by atoms with E-state index in [0.29, 0.717) is 5.95 Å². The number of nitrogens with zero attached hydrogens (tertiary/aromatic N) is 3. The Morgan fingerprint density at radius 1 is 1.29 bits per heavy atom. The van der Waals surface area contributed by atoms with Crippen LogP contribution >= 0.6 is 11.8 Å². The fourth-order valence-corrected chi connectivity index (χ4v) is 3.00. The minimum atomic E-state index is 0.642. The average molecular weight is 299 g/mol. The SMILES string of the molecule is CCCNc1nc(Sc2cccc(C)c2)c2cn[nH]c2n1. The molecular formula is C15H17N5S. The number of aryl methyl sites for hydroxylation is 1. The second-order valence-corrected chi connectivity index (χ2v) is 5.89. The summed E-state index contributed by atoms with van der Waals surface area (Å²) >= 11 is 1.63. The third kappa shape index (κ3) is 3.16. The van der Waals surface area contributed by atoms with Gasteiger partial charge in [-0.2, -0.15) is 10.1 Å². The van der Waals surface area contributed by atoms with Crippen LogP contribution in [-0.4, -0.2) is 26.7 Å². The van der Waals surface area contributed by atoms with E-state index in [4.69, 9.17) is 0 Å². The summed E-state index contributed by atoms with van der Waals surface area (Å²) in [6.07, 6.45) is 2.81. The van der Waals surface area contributed by atoms with Gasteiger partial charge in [0.15, 0.2) is 5.65 Å². The zero-order valence-corrected chi connectivity index (χ0v) is 12.9. The molecule has 1 aromatic carbocycles. The molecular weight excluding hydrogens is 282 g/mol. The van der Waals surface area contributed by atoms with Gasteiger partial charge in [0.1, 0.15) is 5.03 Å². The standard InChI is InChI=1S/C15H17N5S/c1-3-7-16-15-18-13-12(9-17-20-13)14(19-15)21-11-6-4-5-10(2)8-11/h4-6,8-9H,3,7H2,1-2H3,(H2,16,17,18,19,20). The Labute approximate surface area is 127 Å². The normalized spacial score (nSPS) is 11.0. The summed E-state index contributed by atoms with van der Waals surface area (Å²) < 4.78 is 0. The van der Waals surface area contributed by atoms with Crippen LogP contribution < -0.4 is 5.32 Å². The van der Waals surface area contributed by atoms with E-state index in [-0.39, 0.29) is 0 Å². The van der Waals surface area contributed by atoms with Gasteiger partial charge in [-0.3, -0.25) is 5.10 Å². The highest BCUT2D eigenvalue weighted by Crippen LogP contribution is 2.31. The molecule has 0 atom stereocenters. The summed E-state index contributed by atoms with van der Waals surface area (Å²) in [6, 6.07) is 8.38. The zero-order valence-electron chi connectivity index (χ0n) is 12.1. The third-order valence-electron chi connectivity index (χ3n) is 3.01. The molecule has 0 saturated heterocycles. The molecule has 0 saturated carbocycles. The minimum absolute atomic E-state index is 0.642. The van der Waals surface area contributed by atoms with E-state index < -0.39 is 0 Å². The molecule has 0 fully saturated rings. The van der Waals surface area contributed by atoms with Crippen LogP contribution in [-0.2, 0) is 0 Å². The molecule has 0 aliphatic heterocycles. The molecule has 0 amide bonds. The maximum atomic E-state index is 4.62. The van der Waals surface area contributed by atoms with Gasteiger partial charge >= 0.3 is 0 Å². The van der Waals surface area contributed by atoms with Gasteiger partial charge in [-0.05, 0) is 25.5 Å². The molecule has 5 nitrogen and oxygen atoms in total. The van der Waals surface area contributed by atoms with Gasteiger partial charge in [-0.1, -0.05) is 36.4 Å². The maximum Gasteiger partial charge on any atom is 0.225 e. The molecule has 0 aliphatic carbocycles. The summed E-state index contributed by atoms with van der Waals surface area (Å²) in [4.78, 5) is 10.2. The van der Waals surface area contributed by atoms with Gasteiger partial charge < -0.3 is 5.32 Å². The number of fused-ring (bicyclic) bond motifs is 1. The highest BCUT2D eigenvalue weighted by Gasteiger charge is 2.11. The number of aromatic amines is 1. The quantitative estimate of drug-likeness (QED) is 0.704. The van der Waals surface area contributed by atoms with E-state index in [1.54, 1.807) is 18.0 Å². The van der Waals surface area contributed by atoms with Crippen molar-refractivity contribution in [1.82, 2.24) is 20.2 Å². The van der Waals surface area contributed by atoms with Crippen LogP contribution in [0.1, 0.15) is 18.9 Å². The van der Waals surface area contributed by atoms with Gasteiger partial charge in [0.05, 0.1) is 11.6 Å². The fourth-order valence-electron chi connectivity index (χ4n) is 1.99. The van der Waals surface area contributed by atoms with Crippen LogP contribution in [0.4, 0.5) is 5.95 Å². The van der Waals surface area contributed by atoms with Gasteiger partial charge in [0.2, 0.25) is 5.95 Å². The Balaban J connectivity index is 1.97. The van der Waals surface area contributed by atoms with Crippen molar-refractivity contribution in [2.24, 2.45) is 0 Å². The lowest BCUT2D eigenvalue weighted by Gasteiger charge is -2.07. The molecule has 0 radical (unpaired) electrons. The predicted molar refractivity (Wildman–Crippen MR) is 85.8 cm³/mol. The monoisotopic (exact) mass is 299 g/mol. The molecule has 3 aromatic rings. The number of benzene rings is 1. The molecule has 0 spiro atoms. The highest BCUT2D eigenvalue weighted by molar-refractivity contribution is 7.99. The molecule has 0 unspecified atom stereocenters. The van der Waals surface area contributed by atoms with E-state index >= 15 is 0 Å². The topological polar surface area (TPSA) is 66.5 Å². The Morgan fingerprint density at radius 3 is 3.00 bits per heavy atom. The van der Waals surface area contributed by atoms with Crippen LogP contribution in [0.3, 0.4) is 0 Å². The molecule has 0 aliphatic rings. The Kier molecular flexibility index (Phi) is 4.06. The van der Waals surface area contributed by atoms with Crippen molar-refractivity contribution in [2.45, 2.75) is 30.2 Å². The Hall–Kier alpha value is -2.08. The average Bonchev–Trinajstić information content (AvgIpc) is 2.94. The minimum Gasteiger partial charge on any atom is -0.354 e. The number of hydrogen-bond donors (Lipinski definition) is 2. The lowest BCUT2D eigenvalue weighted by atomic mass is 10.2. The van der Waals surface area contributed by atoms with Crippen molar-refractivity contribution in [3.63, 3.8) is 0 Å². The first kappa shape index (κ1) is 13.9. The Morgan fingerprint density at radius 2 is 2.19 bits per heavy atom. The number of nitrogens with one attached hydrogen (secondary N) is 2. The zero-order chi connectivity index (χ0) is 14.7. The van der Waals surface area contributed by atoms with Crippen molar-refractivity contribution < 1.29 is 0 Å². The first-order chi connectivity index (χ1) is 10.3. The van der Waals surface area contributed by atoms with Crippen molar-refractivity contribution in [3.05, 3.63) is 36.0 Å². The second kappa shape index (κ2) is 6.13. The van der Waals surface area contributed by atoms with E-state index in [1.165, 1.54) is 5.56 Å². The smallest absolute Gasteiger partial charge is 0.225 e. The first-order valence-corrected chi connectivity index (χ1v) is 7.77. The van der Waals surface area contributed by atoms with Crippen molar-refractivity contribution in [3.8, 4) is 0 Å². The molecule has 21 heavy (non-hydrogen) atoms. The summed E-state index contributed by atoms with van der Waals surface area (Å²) in [7, 11) is 0. The number of rotatable bonds is 5. The van der Waals surface area contributed by atoms with Crippen LogP contribution in [0.5, 0.6) is 0 Å². The fraction of sp³-hybridized carbons (Fsp3) is 0.267. The molecule has 108 valence electrons. The largest absolute Gasteiger partial charge is 0.354 e. The molecule has 2 heterocycles. The van der Waals surface area contributed by atoms with E-state index in [2.05, 4.69) is 63.6 Å². The lowest BCUT2D eigenvalue weighted by Crippen LogP contribution is -2.05. The van der Waals surface area contributed by atoms with Crippen LogP contribution in [0.25, 0.3) is 11.0 Å². The molecule has 0 bridgehead atoms. The van der Waals surface area contributed by atoms with Crippen LogP contribution in [0, 0.1) is 6.92 Å². The number of H-pyrrole nitrogens is 1.